The predicted molar refractivity (Wildman–Crippen MR) is 268 cm³/mol. The number of hydrogen-bond donors (Lipinski definition) is 0. The van der Waals surface area contributed by atoms with Gasteiger partial charge in [0.15, 0.2) is 0 Å². The highest BCUT2D eigenvalue weighted by molar-refractivity contribution is 5.84. The molecule has 0 N–H and O–H groups in total. The van der Waals surface area contributed by atoms with Crippen LogP contribution in [0.3, 0.4) is 0 Å². The van der Waals surface area contributed by atoms with Crippen LogP contribution in [0.5, 0.6) is 0 Å². The van der Waals surface area contributed by atoms with E-state index in [4.69, 9.17) is 28.4 Å². The number of morpholine rings is 3. The average Bonchev–Trinajstić information content (AvgIpc) is 3.43. The molecule has 0 amide bonds. The Balaban J connectivity index is 0.000000153. The molecule has 0 bridgehead atoms. The quantitative estimate of drug-likeness (QED) is 0.108. The summed E-state index contributed by atoms with van der Waals surface area (Å²) in [6, 6.07) is 30.6. The Bertz CT molecular complexity index is 1690. The Morgan fingerprint density at radius 3 is 0.826 bits per heavy atom. The molecule has 3 aromatic rings. The van der Waals surface area contributed by atoms with E-state index < -0.39 is 16.2 Å². The van der Waals surface area contributed by atoms with Crippen molar-refractivity contribution in [2.24, 2.45) is 0 Å². The van der Waals surface area contributed by atoms with Crippen LogP contribution in [-0.2, 0) is 59.0 Å². The molecule has 378 valence electrons. The number of ether oxygens (including phenoxy) is 6. The van der Waals surface area contributed by atoms with Crippen LogP contribution in [0, 0.1) is 0 Å². The average molecular weight is 952 g/mol. The molecule has 3 aliphatic carbocycles. The maximum absolute atomic E-state index is 12.9. The van der Waals surface area contributed by atoms with Crippen LogP contribution < -0.4 is 0 Å². The van der Waals surface area contributed by atoms with Gasteiger partial charge in [-0.3, -0.25) is 29.1 Å². The number of hydrogen-bond acceptors (Lipinski definition) is 12. The van der Waals surface area contributed by atoms with E-state index in [2.05, 4.69) is 51.1 Å². The maximum Gasteiger partial charge on any atom is 0.316 e. The van der Waals surface area contributed by atoms with Crippen LogP contribution in [0.15, 0.2) is 91.0 Å². The number of benzene rings is 3. The summed E-state index contributed by atoms with van der Waals surface area (Å²) >= 11 is 0. The van der Waals surface area contributed by atoms with Gasteiger partial charge in [-0.25, -0.2) is 0 Å². The third-order valence-electron chi connectivity index (χ3n) is 15.5. The van der Waals surface area contributed by atoms with Crippen LogP contribution in [0.4, 0.5) is 0 Å². The van der Waals surface area contributed by atoms with Gasteiger partial charge in [0.1, 0.15) is 19.8 Å². The highest BCUT2D eigenvalue weighted by Crippen LogP contribution is 2.43. The smallest absolute Gasteiger partial charge is 0.316 e. The van der Waals surface area contributed by atoms with Gasteiger partial charge in [0.25, 0.3) is 0 Å². The van der Waals surface area contributed by atoms with E-state index in [-0.39, 0.29) is 17.9 Å². The van der Waals surface area contributed by atoms with Crippen molar-refractivity contribution in [2.75, 3.05) is 118 Å². The van der Waals surface area contributed by atoms with Gasteiger partial charge in [-0.2, -0.15) is 0 Å². The first-order valence-electron chi connectivity index (χ1n) is 26.5. The minimum atomic E-state index is -0.426. The Morgan fingerprint density at radius 1 is 0.362 bits per heavy atom. The fraction of sp³-hybridized carbons (Fsp3) is 0.632. The highest BCUT2D eigenvalue weighted by Gasteiger charge is 2.45. The summed E-state index contributed by atoms with van der Waals surface area (Å²) in [7, 11) is 0. The van der Waals surface area contributed by atoms with Crippen molar-refractivity contribution in [3.8, 4) is 0 Å². The Labute approximate surface area is 412 Å². The van der Waals surface area contributed by atoms with Crippen molar-refractivity contribution >= 4 is 17.9 Å². The monoisotopic (exact) mass is 952 g/mol. The molecule has 3 saturated heterocycles. The molecule has 0 radical (unpaired) electrons. The third-order valence-corrected chi connectivity index (χ3v) is 15.5. The Hall–Kier alpha value is -4.17. The Morgan fingerprint density at radius 2 is 0.594 bits per heavy atom. The molecule has 3 aromatic carbocycles. The molecule has 69 heavy (non-hydrogen) atoms. The molecule has 6 aliphatic rings. The van der Waals surface area contributed by atoms with Gasteiger partial charge in [-0.05, 0) is 55.2 Å². The predicted octanol–water partition coefficient (Wildman–Crippen LogP) is 8.29. The first-order chi connectivity index (χ1) is 33.9. The molecule has 0 atom stereocenters. The van der Waals surface area contributed by atoms with Crippen LogP contribution in [0.2, 0.25) is 0 Å². The second-order valence-electron chi connectivity index (χ2n) is 19.8. The van der Waals surface area contributed by atoms with Crippen molar-refractivity contribution in [3.63, 3.8) is 0 Å². The maximum atomic E-state index is 12.9. The van der Waals surface area contributed by atoms with E-state index in [9.17, 15) is 14.4 Å². The minimum absolute atomic E-state index is 0.0309. The van der Waals surface area contributed by atoms with Crippen LogP contribution >= 0.6 is 0 Å². The molecule has 12 nitrogen and oxygen atoms in total. The topological polar surface area (TPSA) is 116 Å². The van der Waals surface area contributed by atoms with Gasteiger partial charge < -0.3 is 28.4 Å². The zero-order chi connectivity index (χ0) is 47.9. The molecule has 0 aromatic heterocycles. The molecule has 0 unspecified atom stereocenters. The summed E-state index contributed by atoms with van der Waals surface area (Å²) in [6.45, 7) is 14.1. The number of esters is 3. The van der Waals surface area contributed by atoms with Gasteiger partial charge in [-0.15, -0.1) is 0 Å². The van der Waals surface area contributed by atoms with E-state index in [1.54, 1.807) is 0 Å². The molecule has 0 spiro atoms. The molecule has 9 rings (SSSR count). The highest BCUT2D eigenvalue weighted by atomic mass is 16.5. The number of carbonyl (C=O) groups is 3. The van der Waals surface area contributed by atoms with Gasteiger partial charge in [0.2, 0.25) is 0 Å². The van der Waals surface area contributed by atoms with Gasteiger partial charge in [0, 0.05) is 58.9 Å². The fourth-order valence-electron chi connectivity index (χ4n) is 11.3. The summed E-state index contributed by atoms with van der Waals surface area (Å²) in [6.07, 6.45) is 15.7. The first kappa shape index (κ1) is 52.6. The van der Waals surface area contributed by atoms with Crippen molar-refractivity contribution in [3.05, 3.63) is 108 Å². The minimum Gasteiger partial charge on any atom is -0.464 e. The van der Waals surface area contributed by atoms with Crippen LogP contribution in [0.1, 0.15) is 113 Å². The summed E-state index contributed by atoms with van der Waals surface area (Å²) in [5.41, 5.74) is 2.09. The Kier molecular flexibility index (Phi) is 21.4. The van der Waals surface area contributed by atoms with Crippen LogP contribution in [-0.4, -0.2) is 151 Å². The van der Waals surface area contributed by atoms with Gasteiger partial charge in [0.05, 0.1) is 55.9 Å². The first-order valence-corrected chi connectivity index (χ1v) is 26.5. The van der Waals surface area contributed by atoms with Crippen molar-refractivity contribution < 1.29 is 42.8 Å². The lowest BCUT2D eigenvalue weighted by Gasteiger charge is -2.35. The van der Waals surface area contributed by atoms with Crippen molar-refractivity contribution in [1.82, 2.24) is 14.7 Å². The van der Waals surface area contributed by atoms with E-state index >= 15 is 0 Å². The zero-order valence-electron chi connectivity index (χ0n) is 41.5. The normalized spacial score (nSPS) is 21.7. The molecule has 3 saturated carbocycles. The molecule has 3 heterocycles. The molecule has 12 heteroatoms. The van der Waals surface area contributed by atoms with E-state index in [0.29, 0.717) is 19.8 Å². The summed E-state index contributed by atoms with van der Waals surface area (Å²) < 4.78 is 33.2. The molecular formula is C57H81N3O9. The summed E-state index contributed by atoms with van der Waals surface area (Å²) in [4.78, 5) is 45.6. The van der Waals surface area contributed by atoms with Gasteiger partial charge in [-0.1, -0.05) is 149 Å². The second kappa shape index (κ2) is 28.0. The van der Waals surface area contributed by atoms with E-state index in [1.165, 1.54) is 19.3 Å². The van der Waals surface area contributed by atoms with Crippen molar-refractivity contribution in [2.45, 2.75) is 113 Å². The molecule has 3 aliphatic heterocycles. The van der Waals surface area contributed by atoms with Crippen LogP contribution in [0.25, 0.3) is 0 Å². The lowest BCUT2D eigenvalue weighted by molar-refractivity contribution is -0.153. The van der Waals surface area contributed by atoms with Crippen molar-refractivity contribution in [1.29, 1.82) is 0 Å². The number of nitrogens with zero attached hydrogens (tertiary/aromatic N) is 3. The SMILES string of the molecule is O=C(OCCN1CCOCC1)C1(c2ccccc2)CCCCC1.O=C(OCCN1CCOCC1)C1(c2ccccc2)CCCCC1.O=C(OCCN1CCOCC1)C1(c2ccccc2)CCCCC1. The second-order valence-corrected chi connectivity index (χ2v) is 19.8. The number of carbonyl (C=O) groups excluding carboxylic acids is 3. The third kappa shape index (κ3) is 14.9. The zero-order valence-corrected chi connectivity index (χ0v) is 41.5. The fourth-order valence-corrected chi connectivity index (χ4v) is 11.3. The number of rotatable bonds is 15. The summed E-state index contributed by atoms with van der Waals surface area (Å²) in [5.74, 6) is -0.0926. The van der Waals surface area contributed by atoms with E-state index in [1.807, 2.05) is 54.6 Å². The van der Waals surface area contributed by atoms with E-state index in [0.717, 1.165) is 192 Å². The largest absolute Gasteiger partial charge is 0.464 e. The van der Waals surface area contributed by atoms with Gasteiger partial charge >= 0.3 is 17.9 Å². The summed E-state index contributed by atoms with van der Waals surface area (Å²) in [5, 5.41) is 0. The standard InChI is InChI=1S/3C19H27NO3/c3*21-18(23-16-13-20-11-14-22-15-12-20)19(9-5-2-6-10-19)17-7-3-1-4-8-17/h3*1,3-4,7-8H,2,5-6,9-16H2. The lowest BCUT2D eigenvalue weighted by Crippen LogP contribution is -2.42. The lowest BCUT2D eigenvalue weighted by atomic mass is 9.69. The molecular weight excluding hydrogens is 871 g/mol. The molecule has 6 fully saturated rings.